The Hall–Kier alpha value is -2.22. The molecule has 0 heterocycles. The van der Waals surface area contributed by atoms with Gasteiger partial charge in [-0.05, 0) is 23.5 Å². The number of hydrogen-bond acceptors (Lipinski definition) is 0. The van der Waals surface area contributed by atoms with Gasteiger partial charge in [-0.25, -0.2) is 0 Å². The van der Waals surface area contributed by atoms with E-state index in [2.05, 4.69) is 137 Å². The summed E-state index contributed by atoms with van der Waals surface area (Å²) in [5, 5.41) is 5.41. The molecule has 6 aromatic rings. The average Bonchev–Trinajstić information content (AvgIpc) is 3.67. The number of rotatable bonds is 4. The van der Waals surface area contributed by atoms with Crippen LogP contribution in [-0.4, -0.2) is 9.52 Å². The molecule has 0 saturated heterocycles. The van der Waals surface area contributed by atoms with Crippen LogP contribution < -0.4 is 0 Å². The summed E-state index contributed by atoms with van der Waals surface area (Å²) in [7, 11) is 11.0. The maximum Gasteiger partial charge on any atom is -0.0809 e. The fraction of sp³-hybridized carbons (Fsp3) is 0.211. The monoisotopic (exact) mass is 685 g/mol. The Morgan fingerprint density at radius 3 is 2.00 bits per heavy atom. The van der Waals surface area contributed by atoms with Gasteiger partial charge in [0, 0.05) is 9.52 Å². The normalized spacial score (nSPS) is 9.81. The third kappa shape index (κ3) is 12.6. The van der Waals surface area contributed by atoms with Crippen LogP contribution in [0.2, 0.25) is 13.1 Å². The van der Waals surface area contributed by atoms with Crippen LogP contribution in [0.5, 0.6) is 0 Å². The van der Waals surface area contributed by atoms with Crippen molar-refractivity contribution in [3.05, 3.63) is 145 Å². The van der Waals surface area contributed by atoms with Crippen LogP contribution in [0.25, 0.3) is 32.7 Å². The third-order valence-electron chi connectivity index (χ3n) is 6.39. The van der Waals surface area contributed by atoms with E-state index in [0.29, 0.717) is 5.92 Å². The van der Waals surface area contributed by atoms with Gasteiger partial charge in [0.15, 0.2) is 0 Å². The summed E-state index contributed by atoms with van der Waals surface area (Å²) in [5.74, 6) is 0.588. The number of halogens is 2. The molecule has 42 heavy (non-hydrogen) atoms. The van der Waals surface area contributed by atoms with E-state index in [9.17, 15) is 0 Å². The van der Waals surface area contributed by atoms with Crippen LogP contribution in [0.15, 0.2) is 127 Å². The summed E-state index contributed by atoms with van der Waals surface area (Å²) >= 11 is -0.826. The third-order valence-corrected chi connectivity index (χ3v) is 6.39. The van der Waals surface area contributed by atoms with Crippen molar-refractivity contribution in [1.29, 1.82) is 0 Å². The van der Waals surface area contributed by atoms with E-state index < -0.39 is 20.8 Å². The van der Waals surface area contributed by atoms with Crippen molar-refractivity contribution in [2.75, 3.05) is 0 Å². The molecule has 0 unspecified atom stereocenters. The van der Waals surface area contributed by atoms with Gasteiger partial charge in [0.1, 0.15) is 0 Å². The first kappa shape index (κ1) is 36.0. The Kier molecular flexibility index (Phi) is 18.4. The quantitative estimate of drug-likeness (QED) is 0.128. The summed E-state index contributed by atoms with van der Waals surface area (Å²) in [6.07, 6.45) is 2.37. The maximum atomic E-state index is 4.93. The van der Waals surface area contributed by atoms with Gasteiger partial charge in [-0.3, -0.25) is 0 Å². The van der Waals surface area contributed by atoms with Crippen LogP contribution >= 0.6 is 17.0 Å². The summed E-state index contributed by atoms with van der Waals surface area (Å²) in [6, 6.07) is 47.5. The Labute approximate surface area is 275 Å². The molecule has 0 aliphatic heterocycles. The van der Waals surface area contributed by atoms with E-state index >= 15 is 0 Å². The number of fused-ring (bicyclic) bond motifs is 2. The van der Waals surface area contributed by atoms with Crippen LogP contribution in [0.4, 0.5) is 0 Å². The SMILES string of the molecule is CCCc1cc2c(-c3ccc(C(C)C)cc3)cccc2[cH-]1.C[Si]C.[Cl][Zr][Cl].[c-]1ccccc1.c1ccc2[cH-]ccc2c1. The van der Waals surface area contributed by atoms with Crippen LogP contribution in [-0.2, 0) is 27.3 Å². The molecule has 0 spiro atoms. The fourth-order valence-corrected chi connectivity index (χ4v) is 4.44. The number of aryl methyl sites for hydroxylation is 1. The van der Waals surface area contributed by atoms with E-state index in [-0.39, 0.29) is 0 Å². The molecular weight excluding hydrogens is 647 g/mol. The molecule has 0 aliphatic rings. The van der Waals surface area contributed by atoms with Crippen LogP contribution in [0.3, 0.4) is 0 Å². The zero-order chi connectivity index (χ0) is 30.6. The Morgan fingerprint density at radius 2 is 1.45 bits per heavy atom. The van der Waals surface area contributed by atoms with E-state index in [1.54, 1.807) is 0 Å². The molecule has 6 aromatic carbocycles. The topological polar surface area (TPSA) is 0 Å². The van der Waals surface area contributed by atoms with E-state index in [4.69, 9.17) is 17.0 Å². The second-order valence-electron chi connectivity index (χ2n) is 10.0. The van der Waals surface area contributed by atoms with Gasteiger partial charge < -0.3 is 0 Å². The van der Waals surface area contributed by atoms with Crippen molar-refractivity contribution < 1.29 is 20.8 Å². The molecule has 0 atom stereocenters. The molecule has 0 nitrogen and oxygen atoms in total. The summed E-state index contributed by atoms with van der Waals surface area (Å²) in [4.78, 5) is 0. The Balaban J connectivity index is 0.000000239. The van der Waals surface area contributed by atoms with E-state index in [1.807, 2.05) is 30.3 Å². The molecule has 0 amide bonds. The van der Waals surface area contributed by atoms with E-state index in [0.717, 1.165) is 9.52 Å². The first-order valence-electron chi connectivity index (χ1n) is 14.3. The fourth-order valence-electron chi connectivity index (χ4n) is 4.44. The smallest absolute Gasteiger partial charge is 0.0809 e. The largest absolute Gasteiger partial charge is 0.184 e. The molecule has 0 saturated carbocycles. The van der Waals surface area contributed by atoms with Gasteiger partial charge in [-0.1, -0.05) is 82.2 Å². The molecule has 0 N–H and O–H groups in total. The van der Waals surface area contributed by atoms with E-state index in [1.165, 1.54) is 56.6 Å². The molecule has 218 valence electrons. The standard InChI is InChI=1S/C21H23.C9H7.C6H5.C2H6Si.2ClH.Zr/c1-4-6-16-13-19-7-5-8-20(21(19)14-16)18-11-9-17(10-12-18)15(2)3;1-2-5-9-7-3-6-8(9)4-1;1-2-4-6-5-3-1;1-3-2;;;/h5,7-15H,4,6H2,1-3H3;1-7H;1-5H;1-2H3;2*1H;/q3*-1;;;;+2/p-2. The summed E-state index contributed by atoms with van der Waals surface area (Å²) < 4.78 is 0. The van der Waals surface area contributed by atoms with Gasteiger partial charge in [-0.15, -0.1) is 64.2 Å². The predicted octanol–water partition coefficient (Wildman–Crippen LogP) is 12.5. The molecule has 6 rings (SSSR count). The molecule has 0 fully saturated rings. The van der Waals surface area contributed by atoms with Crippen LogP contribution in [0, 0.1) is 6.07 Å². The van der Waals surface area contributed by atoms with Gasteiger partial charge in [0.05, 0.1) is 0 Å². The minimum atomic E-state index is -0.826. The molecule has 2 radical (unpaired) electrons. The second kappa shape index (κ2) is 21.5. The van der Waals surface area contributed by atoms with Crippen molar-refractivity contribution in [3.8, 4) is 11.1 Å². The predicted molar refractivity (Wildman–Crippen MR) is 187 cm³/mol. The average molecular weight is 688 g/mol. The van der Waals surface area contributed by atoms with Crippen LogP contribution in [0.1, 0.15) is 44.2 Å². The van der Waals surface area contributed by atoms with Gasteiger partial charge in [0.25, 0.3) is 0 Å². The zero-order valence-electron chi connectivity index (χ0n) is 25.4. The van der Waals surface area contributed by atoms with Crippen molar-refractivity contribution >= 4 is 48.1 Å². The Bertz CT molecular complexity index is 1440. The number of hydrogen-bond donors (Lipinski definition) is 0. The van der Waals surface area contributed by atoms with Gasteiger partial charge in [0.2, 0.25) is 0 Å². The Morgan fingerprint density at radius 1 is 0.810 bits per heavy atom. The minimum absolute atomic E-state index is 0.588. The first-order valence-corrected chi connectivity index (χ1v) is 22.7. The van der Waals surface area contributed by atoms with Crippen molar-refractivity contribution in [2.24, 2.45) is 0 Å². The minimum Gasteiger partial charge on any atom is -0.184 e. The molecule has 0 bridgehead atoms. The summed E-state index contributed by atoms with van der Waals surface area (Å²) in [6.45, 7) is 11.0. The zero-order valence-corrected chi connectivity index (χ0v) is 30.3. The molecular formula is C38H41Cl2SiZr-3. The summed E-state index contributed by atoms with van der Waals surface area (Å²) in [5.41, 5.74) is 5.53. The van der Waals surface area contributed by atoms with Gasteiger partial charge in [-0.2, -0.15) is 60.0 Å². The maximum absolute atomic E-state index is 4.93. The molecule has 0 aromatic heterocycles. The number of benzene rings is 4. The molecule has 4 heteroatoms. The second-order valence-corrected chi connectivity index (χ2v) is 14.7. The first-order chi connectivity index (χ1) is 20.5. The van der Waals surface area contributed by atoms with Crippen molar-refractivity contribution in [1.82, 2.24) is 0 Å². The van der Waals surface area contributed by atoms with Gasteiger partial charge >= 0.3 is 37.9 Å². The van der Waals surface area contributed by atoms with Crippen molar-refractivity contribution in [2.45, 2.75) is 52.6 Å². The molecule has 0 aliphatic carbocycles. The van der Waals surface area contributed by atoms with Crippen molar-refractivity contribution in [3.63, 3.8) is 0 Å².